The van der Waals surface area contributed by atoms with Crippen molar-refractivity contribution < 1.29 is 19.0 Å². The largest absolute Gasteiger partial charge is 0.486 e. The van der Waals surface area contributed by atoms with Crippen LogP contribution in [0.3, 0.4) is 0 Å². The van der Waals surface area contributed by atoms with Crippen molar-refractivity contribution in [2.75, 3.05) is 33.4 Å². The number of carbonyl (C=O) groups is 1. The number of carbonyl (C=O) groups excluding carboxylic acids is 1. The van der Waals surface area contributed by atoms with Gasteiger partial charge in [0.2, 0.25) is 5.91 Å². The predicted octanol–water partition coefficient (Wildman–Crippen LogP) is 0.403. The molecule has 1 aromatic carbocycles. The topological polar surface area (TPSA) is 74.0 Å². The van der Waals surface area contributed by atoms with E-state index in [-0.39, 0.29) is 18.6 Å². The lowest BCUT2D eigenvalue weighted by Gasteiger charge is -2.32. The molecule has 2 N–H and O–H groups in total. The number of hydrogen-bond donors (Lipinski definition) is 1. The SMILES string of the molecule is CN(CC1COc2ccccc2O1)C(=O)C1(N)CCOC1. The summed E-state index contributed by atoms with van der Waals surface area (Å²) >= 11 is 0. The van der Waals surface area contributed by atoms with E-state index in [4.69, 9.17) is 19.9 Å². The van der Waals surface area contributed by atoms with Gasteiger partial charge in [0.1, 0.15) is 12.1 Å². The standard InChI is InChI=1S/C15H20N2O4/c1-17(14(18)15(16)6-7-19-10-15)8-11-9-20-12-4-2-3-5-13(12)21-11/h2-5,11H,6-10,16H2,1H3. The smallest absolute Gasteiger partial charge is 0.245 e. The molecular formula is C15H20N2O4. The average molecular weight is 292 g/mol. The molecule has 6 nitrogen and oxygen atoms in total. The fourth-order valence-corrected chi connectivity index (χ4v) is 2.67. The van der Waals surface area contributed by atoms with Crippen molar-refractivity contribution in [2.24, 2.45) is 5.73 Å². The van der Waals surface area contributed by atoms with Crippen LogP contribution in [-0.2, 0) is 9.53 Å². The molecule has 0 spiro atoms. The van der Waals surface area contributed by atoms with Crippen LogP contribution in [0.15, 0.2) is 24.3 Å². The van der Waals surface area contributed by atoms with Crippen LogP contribution in [0, 0.1) is 0 Å². The summed E-state index contributed by atoms with van der Waals surface area (Å²) in [7, 11) is 1.74. The van der Waals surface area contributed by atoms with Gasteiger partial charge in [0.25, 0.3) is 0 Å². The zero-order chi connectivity index (χ0) is 14.9. The number of para-hydroxylation sites is 2. The molecule has 2 heterocycles. The molecule has 3 rings (SSSR count). The highest BCUT2D eigenvalue weighted by Gasteiger charge is 2.40. The monoisotopic (exact) mass is 292 g/mol. The maximum absolute atomic E-state index is 12.4. The molecule has 1 saturated heterocycles. The van der Waals surface area contributed by atoms with Crippen molar-refractivity contribution in [3.63, 3.8) is 0 Å². The van der Waals surface area contributed by atoms with Gasteiger partial charge in [-0.15, -0.1) is 0 Å². The molecule has 0 aromatic heterocycles. The van der Waals surface area contributed by atoms with E-state index in [2.05, 4.69) is 0 Å². The van der Waals surface area contributed by atoms with E-state index in [0.717, 1.165) is 5.75 Å². The van der Waals surface area contributed by atoms with Crippen molar-refractivity contribution in [1.29, 1.82) is 0 Å². The summed E-state index contributed by atoms with van der Waals surface area (Å²) in [6.45, 7) is 1.67. The molecule has 0 saturated carbocycles. The predicted molar refractivity (Wildman–Crippen MR) is 76.3 cm³/mol. The van der Waals surface area contributed by atoms with E-state index < -0.39 is 5.54 Å². The summed E-state index contributed by atoms with van der Waals surface area (Å²) in [6, 6.07) is 7.52. The second kappa shape index (κ2) is 5.54. The summed E-state index contributed by atoms with van der Waals surface area (Å²) in [6.07, 6.45) is 0.362. The Balaban J connectivity index is 1.61. The van der Waals surface area contributed by atoms with E-state index in [9.17, 15) is 4.79 Å². The van der Waals surface area contributed by atoms with Crippen molar-refractivity contribution in [3.8, 4) is 11.5 Å². The lowest BCUT2D eigenvalue weighted by atomic mass is 9.98. The number of ether oxygens (including phenoxy) is 3. The minimum Gasteiger partial charge on any atom is -0.486 e. The zero-order valence-electron chi connectivity index (χ0n) is 12.1. The van der Waals surface area contributed by atoms with Gasteiger partial charge >= 0.3 is 0 Å². The molecule has 2 unspecified atom stereocenters. The second-order valence-electron chi connectivity index (χ2n) is 5.64. The lowest BCUT2D eigenvalue weighted by Crippen LogP contribution is -2.56. The number of hydrogen-bond acceptors (Lipinski definition) is 5. The fourth-order valence-electron chi connectivity index (χ4n) is 2.67. The van der Waals surface area contributed by atoms with Gasteiger partial charge in [-0.25, -0.2) is 0 Å². The molecule has 2 atom stereocenters. The van der Waals surface area contributed by atoms with E-state index in [0.29, 0.717) is 31.9 Å². The maximum atomic E-state index is 12.4. The normalized spacial score (nSPS) is 27.4. The van der Waals surface area contributed by atoms with Crippen LogP contribution < -0.4 is 15.2 Å². The molecule has 6 heteroatoms. The van der Waals surface area contributed by atoms with Gasteiger partial charge in [-0.3, -0.25) is 4.79 Å². The Labute approximate surface area is 123 Å². The van der Waals surface area contributed by atoms with Crippen LogP contribution in [0.25, 0.3) is 0 Å². The second-order valence-corrected chi connectivity index (χ2v) is 5.64. The first-order chi connectivity index (χ1) is 10.1. The molecule has 2 aliphatic heterocycles. The lowest BCUT2D eigenvalue weighted by molar-refractivity contribution is -0.137. The number of likely N-dealkylation sites (N-methyl/N-ethyl adjacent to an activating group) is 1. The third-order valence-corrected chi connectivity index (χ3v) is 3.87. The van der Waals surface area contributed by atoms with Gasteiger partial charge in [-0.2, -0.15) is 0 Å². The first-order valence-corrected chi connectivity index (χ1v) is 7.09. The molecule has 1 amide bonds. The summed E-state index contributed by atoms with van der Waals surface area (Å²) in [5.74, 6) is 1.34. The number of amides is 1. The maximum Gasteiger partial charge on any atom is 0.245 e. The highest BCUT2D eigenvalue weighted by atomic mass is 16.6. The first kappa shape index (κ1) is 14.2. The van der Waals surface area contributed by atoms with Crippen LogP contribution in [0.2, 0.25) is 0 Å². The van der Waals surface area contributed by atoms with Gasteiger partial charge in [0.05, 0.1) is 13.2 Å². The van der Waals surface area contributed by atoms with E-state index in [1.807, 2.05) is 24.3 Å². The minimum absolute atomic E-state index is 0.109. The summed E-state index contributed by atoms with van der Waals surface area (Å²) in [5.41, 5.74) is 5.20. The van der Waals surface area contributed by atoms with Crippen molar-refractivity contribution in [2.45, 2.75) is 18.1 Å². The number of fused-ring (bicyclic) bond motifs is 1. The number of benzene rings is 1. The Morgan fingerprint density at radius 1 is 1.43 bits per heavy atom. The summed E-state index contributed by atoms with van der Waals surface area (Å²) < 4.78 is 16.7. The van der Waals surface area contributed by atoms with Crippen LogP contribution >= 0.6 is 0 Å². The van der Waals surface area contributed by atoms with Crippen LogP contribution in [0.4, 0.5) is 0 Å². The van der Waals surface area contributed by atoms with Crippen LogP contribution in [-0.4, -0.2) is 55.9 Å². The Hall–Kier alpha value is -1.79. The molecular weight excluding hydrogens is 272 g/mol. The molecule has 21 heavy (non-hydrogen) atoms. The Kier molecular flexibility index (Phi) is 3.73. The molecule has 0 bridgehead atoms. The summed E-state index contributed by atoms with van der Waals surface area (Å²) in [5, 5.41) is 0. The van der Waals surface area contributed by atoms with Crippen LogP contribution in [0.5, 0.6) is 11.5 Å². The number of nitrogens with two attached hydrogens (primary N) is 1. The van der Waals surface area contributed by atoms with Gasteiger partial charge < -0.3 is 24.8 Å². The van der Waals surface area contributed by atoms with E-state index in [1.165, 1.54) is 0 Å². The minimum atomic E-state index is -0.901. The first-order valence-electron chi connectivity index (χ1n) is 7.09. The van der Waals surface area contributed by atoms with Gasteiger partial charge in [-0.1, -0.05) is 12.1 Å². The Bertz CT molecular complexity index is 528. The third kappa shape index (κ3) is 2.82. The average Bonchev–Trinajstić information content (AvgIpc) is 2.94. The van der Waals surface area contributed by atoms with Crippen LogP contribution in [0.1, 0.15) is 6.42 Å². The number of nitrogens with zero attached hydrogens (tertiary/aromatic N) is 1. The highest BCUT2D eigenvalue weighted by molar-refractivity contribution is 5.86. The molecule has 0 aliphatic carbocycles. The zero-order valence-corrected chi connectivity index (χ0v) is 12.1. The van der Waals surface area contributed by atoms with Gasteiger partial charge in [0, 0.05) is 13.7 Å². The van der Waals surface area contributed by atoms with Crippen molar-refractivity contribution in [3.05, 3.63) is 24.3 Å². The fraction of sp³-hybridized carbons (Fsp3) is 0.533. The van der Waals surface area contributed by atoms with Gasteiger partial charge in [-0.05, 0) is 18.6 Å². The Morgan fingerprint density at radius 2 is 2.19 bits per heavy atom. The third-order valence-electron chi connectivity index (χ3n) is 3.87. The van der Waals surface area contributed by atoms with Crippen molar-refractivity contribution >= 4 is 5.91 Å². The molecule has 2 aliphatic rings. The van der Waals surface area contributed by atoms with E-state index >= 15 is 0 Å². The molecule has 114 valence electrons. The Morgan fingerprint density at radius 3 is 2.90 bits per heavy atom. The van der Waals surface area contributed by atoms with Gasteiger partial charge in [0.15, 0.2) is 17.6 Å². The molecule has 1 aromatic rings. The summed E-state index contributed by atoms with van der Waals surface area (Å²) in [4.78, 5) is 14.0. The van der Waals surface area contributed by atoms with E-state index in [1.54, 1.807) is 11.9 Å². The molecule has 0 radical (unpaired) electrons. The highest BCUT2D eigenvalue weighted by Crippen LogP contribution is 2.31. The molecule has 1 fully saturated rings. The van der Waals surface area contributed by atoms with Crippen molar-refractivity contribution in [1.82, 2.24) is 4.90 Å². The quantitative estimate of drug-likeness (QED) is 0.873. The number of rotatable bonds is 3.